The number of methoxy groups -OCH3 is 1. The number of nitrogen functional groups attached to an aromatic ring is 1. The van der Waals surface area contributed by atoms with Gasteiger partial charge in [0.25, 0.3) is 0 Å². The second kappa shape index (κ2) is 4.92. The van der Waals surface area contributed by atoms with E-state index in [2.05, 4.69) is 5.10 Å². The molecule has 0 radical (unpaired) electrons. The highest BCUT2D eigenvalue weighted by molar-refractivity contribution is 7.96. The summed E-state index contributed by atoms with van der Waals surface area (Å²) in [5.41, 5.74) is 7.73. The summed E-state index contributed by atoms with van der Waals surface area (Å²) >= 11 is 0. The number of nitrogens with two attached hydrogens (primary N) is 1. The first-order valence-corrected chi connectivity index (χ1v) is 7.49. The molecule has 1 atom stereocenters. The number of aryl methyl sites for hydroxylation is 1. The Morgan fingerprint density at radius 2 is 2.00 bits per heavy atom. The molecule has 0 fully saturated rings. The van der Waals surface area contributed by atoms with Gasteiger partial charge in [0.15, 0.2) is 0 Å². The van der Waals surface area contributed by atoms with Crippen molar-refractivity contribution < 1.29 is 13.5 Å². The Bertz CT molecular complexity index is 709. The van der Waals surface area contributed by atoms with Crippen molar-refractivity contribution in [3.63, 3.8) is 0 Å². The maximum absolute atomic E-state index is 12.8. The molecular formula is C13H18N3O3S+. The molecule has 0 aliphatic heterocycles. The van der Waals surface area contributed by atoms with E-state index in [9.17, 15) is 8.76 Å². The lowest BCUT2D eigenvalue weighted by molar-refractivity contribution is 0.410. The van der Waals surface area contributed by atoms with Crippen LogP contribution in [0, 0.1) is 20.8 Å². The van der Waals surface area contributed by atoms with Crippen molar-refractivity contribution >= 4 is 16.2 Å². The summed E-state index contributed by atoms with van der Waals surface area (Å²) in [6.45, 7) is 5.42. The van der Waals surface area contributed by atoms with Crippen LogP contribution in [0.25, 0.3) is 0 Å². The van der Waals surface area contributed by atoms with Crippen LogP contribution >= 0.6 is 0 Å². The predicted octanol–water partition coefficient (Wildman–Crippen LogP) is 2.19. The van der Waals surface area contributed by atoms with Crippen LogP contribution in [0.2, 0.25) is 0 Å². The molecule has 6 nitrogen and oxygen atoms in total. The molecule has 1 aromatic heterocycles. The number of anilines is 1. The Balaban J connectivity index is 2.69. The molecule has 7 heteroatoms. The smallest absolute Gasteiger partial charge is 0.369 e. The maximum atomic E-state index is 12.8. The average molecular weight is 296 g/mol. The van der Waals surface area contributed by atoms with E-state index >= 15 is 0 Å². The molecule has 0 spiro atoms. The third-order valence-corrected chi connectivity index (χ3v) is 5.18. The highest BCUT2D eigenvalue weighted by atomic mass is 32.3. The predicted molar refractivity (Wildman–Crippen MR) is 78.2 cm³/mol. The van der Waals surface area contributed by atoms with Crippen LogP contribution in [0.15, 0.2) is 23.2 Å². The van der Waals surface area contributed by atoms with Gasteiger partial charge < -0.3 is 10.5 Å². The summed E-state index contributed by atoms with van der Waals surface area (Å²) in [5, 5.41) is 3.85. The van der Waals surface area contributed by atoms with E-state index in [4.69, 9.17) is 10.5 Å². The molecule has 0 saturated heterocycles. The molecule has 108 valence electrons. The Morgan fingerprint density at radius 1 is 1.35 bits per heavy atom. The van der Waals surface area contributed by atoms with Crippen LogP contribution in [-0.2, 0) is 14.6 Å². The van der Waals surface area contributed by atoms with Crippen LogP contribution < -0.4 is 10.5 Å². The largest absolute Gasteiger partial charge is 0.496 e. The minimum Gasteiger partial charge on any atom is -0.496 e. The van der Waals surface area contributed by atoms with Crippen LogP contribution in [0.3, 0.4) is 0 Å². The summed E-state index contributed by atoms with van der Waals surface area (Å²) < 4.78 is 29.5. The third-order valence-electron chi connectivity index (χ3n) is 3.30. The number of nitrogens with zero attached hydrogens (tertiary/aromatic N) is 2. The van der Waals surface area contributed by atoms with Crippen molar-refractivity contribution in [1.82, 2.24) is 9.19 Å². The molecule has 1 unspecified atom stereocenters. The van der Waals surface area contributed by atoms with Crippen molar-refractivity contribution in [2.24, 2.45) is 0 Å². The molecule has 3 N–H and O–H groups in total. The zero-order valence-electron chi connectivity index (χ0n) is 11.9. The Labute approximate surface area is 118 Å². The molecule has 2 rings (SSSR count). The van der Waals surface area contributed by atoms with E-state index in [0.717, 1.165) is 9.65 Å². The van der Waals surface area contributed by atoms with Gasteiger partial charge in [-0.3, -0.25) is 0 Å². The number of aromatic nitrogens is 2. The lowest BCUT2D eigenvalue weighted by Gasteiger charge is -2.14. The lowest BCUT2D eigenvalue weighted by atomic mass is 10.1. The Kier molecular flexibility index (Phi) is 3.58. The SMILES string of the molecule is COc1cc(C)c([S+](=O)(O)n2ccc(N)n2)c(C)c1C. The monoisotopic (exact) mass is 296 g/mol. The number of hydrogen-bond donors (Lipinski definition) is 2. The molecule has 0 amide bonds. The van der Waals surface area contributed by atoms with Gasteiger partial charge in [-0.25, -0.2) is 0 Å². The number of hydrogen-bond acceptors (Lipinski definition) is 4. The zero-order chi connectivity index (χ0) is 15.1. The first kappa shape index (κ1) is 14.5. The molecular weight excluding hydrogens is 278 g/mol. The van der Waals surface area contributed by atoms with Crippen LogP contribution in [0.5, 0.6) is 5.75 Å². The quantitative estimate of drug-likeness (QED) is 0.847. The summed E-state index contributed by atoms with van der Waals surface area (Å²) in [7, 11) is -1.93. The van der Waals surface area contributed by atoms with E-state index in [1.54, 1.807) is 27.0 Å². The maximum Gasteiger partial charge on any atom is 0.369 e. The zero-order valence-corrected chi connectivity index (χ0v) is 12.7. The first-order chi connectivity index (χ1) is 9.28. The molecule has 0 aliphatic carbocycles. The van der Waals surface area contributed by atoms with E-state index in [1.807, 2.05) is 6.92 Å². The summed E-state index contributed by atoms with van der Waals surface area (Å²) in [5.74, 6) is 0.895. The van der Waals surface area contributed by atoms with Crippen LogP contribution in [0.1, 0.15) is 16.7 Å². The number of ether oxygens (including phenoxy) is 1. The standard InChI is InChI=1S/C13H17N3O3S/c1-8-7-11(19-4)9(2)10(3)13(8)20(17,18)16-6-5-12(14)15-16/h5-7H,1-4H3,(H2-,14,15,17,18)/p+1. The molecule has 0 aliphatic rings. The minimum atomic E-state index is -3.51. The third kappa shape index (κ3) is 2.19. The lowest BCUT2D eigenvalue weighted by Crippen LogP contribution is -2.24. The molecule has 1 heterocycles. The van der Waals surface area contributed by atoms with Gasteiger partial charge in [-0.05, 0) is 40.7 Å². The van der Waals surface area contributed by atoms with Gasteiger partial charge in [0.2, 0.25) is 4.90 Å². The Hall–Kier alpha value is -1.86. The van der Waals surface area contributed by atoms with Crippen molar-refractivity contribution in [3.8, 4) is 5.75 Å². The van der Waals surface area contributed by atoms with Crippen molar-refractivity contribution in [1.29, 1.82) is 0 Å². The summed E-state index contributed by atoms with van der Waals surface area (Å²) in [6, 6.07) is 3.23. The molecule has 1 aromatic carbocycles. The fourth-order valence-electron chi connectivity index (χ4n) is 2.19. The van der Waals surface area contributed by atoms with Gasteiger partial charge in [-0.2, -0.15) is 4.55 Å². The van der Waals surface area contributed by atoms with Crippen LogP contribution in [0.4, 0.5) is 5.82 Å². The normalized spacial score (nSPS) is 14.1. The highest BCUT2D eigenvalue weighted by Crippen LogP contribution is 2.33. The van der Waals surface area contributed by atoms with Gasteiger partial charge >= 0.3 is 10.4 Å². The van der Waals surface area contributed by atoms with Crippen molar-refractivity contribution in [2.75, 3.05) is 12.8 Å². The van der Waals surface area contributed by atoms with Gasteiger partial charge in [0.05, 0.1) is 13.3 Å². The molecule has 2 aromatic rings. The summed E-state index contributed by atoms with van der Waals surface area (Å²) in [6.07, 6.45) is 1.40. The van der Waals surface area contributed by atoms with Gasteiger partial charge in [-0.15, -0.1) is 5.10 Å². The fourth-order valence-corrected chi connectivity index (χ4v) is 3.84. The highest BCUT2D eigenvalue weighted by Gasteiger charge is 2.38. The second-order valence-electron chi connectivity index (χ2n) is 4.61. The first-order valence-electron chi connectivity index (χ1n) is 6.02. The average Bonchev–Trinajstić information content (AvgIpc) is 2.81. The number of rotatable bonds is 3. The van der Waals surface area contributed by atoms with E-state index in [-0.39, 0.29) is 5.82 Å². The van der Waals surface area contributed by atoms with Crippen LogP contribution in [-0.4, -0.2) is 20.8 Å². The Morgan fingerprint density at radius 3 is 2.50 bits per heavy atom. The van der Waals surface area contributed by atoms with Crippen molar-refractivity contribution in [3.05, 3.63) is 35.0 Å². The number of benzene rings is 1. The minimum absolute atomic E-state index is 0.201. The second-order valence-corrected chi connectivity index (χ2v) is 6.39. The molecule has 0 saturated carbocycles. The van der Waals surface area contributed by atoms with Gasteiger partial charge in [0, 0.05) is 17.2 Å². The van der Waals surface area contributed by atoms with E-state index < -0.39 is 10.4 Å². The van der Waals surface area contributed by atoms with Gasteiger partial charge in [-0.1, -0.05) is 0 Å². The van der Waals surface area contributed by atoms with E-state index in [1.165, 1.54) is 12.3 Å². The van der Waals surface area contributed by atoms with E-state index in [0.29, 0.717) is 21.8 Å². The summed E-state index contributed by atoms with van der Waals surface area (Å²) in [4.78, 5) is 0.346. The van der Waals surface area contributed by atoms with Crippen molar-refractivity contribution in [2.45, 2.75) is 25.7 Å². The fraction of sp³-hybridized carbons (Fsp3) is 0.308. The molecule has 0 bridgehead atoms. The molecule has 20 heavy (non-hydrogen) atoms. The van der Waals surface area contributed by atoms with Gasteiger partial charge in [0.1, 0.15) is 11.6 Å². The topological polar surface area (TPSA) is 90.4 Å².